The van der Waals surface area contributed by atoms with Crippen LogP contribution in [0.4, 0.5) is 14.9 Å². The minimum Gasteiger partial charge on any atom is -0.465 e. The van der Waals surface area contributed by atoms with Crippen molar-refractivity contribution in [2.75, 3.05) is 31.6 Å². The quantitative estimate of drug-likeness (QED) is 0.610. The first-order chi connectivity index (χ1) is 12.5. The van der Waals surface area contributed by atoms with Gasteiger partial charge in [0.1, 0.15) is 21.9 Å². The van der Waals surface area contributed by atoms with E-state index in [9.17, 15) is 22.7 Å². The molecule has 3 rings (SSSR count). The monoisotopic (exact) mass is 398 g/mol. The number of nitrogens with two attached hydrogens (primary N) is 1. The second kappa shape index (κ2) is 6.45. The van der Waals surface area contributed by atoms with Crippen LogP contribution in [0.3, 0.4) is 0 Å². The topological polar surface area (TPSA) is 125 Å². The molecule has 0 bridgehead atoms. The number of hydrogen-bond acceptors (Lipinski definition) is 6. The number of amidine groups is 1. The molecule has 1 aromatic rings. The van der Waals surface area contributed by atoms with Crippen LogP contribution in [0.1, 0.15) is 25.3 Å². The SMILES string of the molecule is CN1CCC2(CC1)C(NC(=O)O)=NC(C)(c1cc(N)ccc1F)CS2(=O)=O. The normalized spacial score (nSPS) is 27.1. The predicted octanol–water partition coefficient (Wildman–Crippen LogP) is 1.18. The number of amides is 1. The van der Waals surface area contributed by atoms with Crippen molar-refractivity contribution in [2.24, 2.45) is 4.99 Å². The Bertz CT molecular complexity index is 910. The van der Waals surface area contributed by atoms with E-state index in [0.717, 1.165) is 6.07 Å². The summed E-state index contributed by atoms with van der Waals surface area (Å²) < 4.78 is 39.8. The number of nitrogens with zero attached hydrogens (tertiary/aromatic N) is 2. The van der Waals surface area contributed by atoms with Crippen molar-refractivity contribution in [3.63, 3.8) is 0 Å². The van der Waals surface area contributed by atoms with Crippen LogP contribution in [0.15, 0.2) is 23.2 Å². The van der Waals surface area contributed by atoms with Gasteiger partial charge in [-0.05, 0) is 58.1 Å². The number of halogens is 1. The molecule has 4 N–H and O–H groups in total. The van der Waals surface area contributed by atoms with E-state index < -0.39 is 37.8 Å². The Hall–Kier alpha value is -2.20. The van der Waals surface area contributed by atoms with Gasteiger partial charge in [-0.25, -0.2) is 17.6 Å². The lowest BCUT2D eigenvalue weighted by molar-refractivity contribution is 0.198. The van der Waals surface area contributed by atoms with Crippen LogP contribution in [-0.4, -0.2) is 61.0 Å². The number of carboxylic acid groups (broad SMARTS) is 1. The highest BCUT2D eigenvalue weighted by Gasteiger charge is 2.56. The van der Waals surface area contributed by atoms with Crippen LogP contribution >= 0.6 is 0 Å². The summed E-state index contributed by atoms with van der Waals surface area (Å²) in [5.41, 5.74) is 4.56. The van der Waals surface area contributed by atoms with Crippen molar-refractivity contribution in [3.05, 3.63) is 29.6 Å². The largest absolute Gasteiger partial charge is 0.465 e. The number of nitrogens with one attached hydrogen (secondary N) is 1. The second-order valence-electron chi connectivity index (χ2n) is 7.46. The van der Waals surface area contributed by atoms with Crippen LogP contribution in [0.2, 0.25) is 0 Å². The van der Waals surface area contributed by atoms with Crippen molar-refractivity contribution < 1.29 is 22.7 Å². The zero-order valence-corrected chi connectivity index (χ0v) is 16.0. The predicted molar refractivity (Wildman–Crippen MR) is 100 cm³/mol. The Balaban J connectivity index is 2.20. The first kappa shape index (κ1) is 19.6. The van der Waals surface area contributed by atoms with E-state index in [1.54, 1.807) is 0 Å². The molecule has 1 unspecified atom stereocenters. The Morgan fingerprint density at radius 1 is 1.37 bits per heavy atom. The molecule has 0 aliphatic carbocycles. The molecule has 1 spiro atoms. The summed E-state index contributed by atoms with van der Waals surface area (Å²) in [6.45, 7) is 2.46. The van der Waals surface area contributed by atoms with Gasteiger partial charge in [0.05, 0.1) is 5.75 Å². The minimum absolute atomic E-state index is 0.0264. The number of nitrogen functional groups attached to an aromatic ring is 1. The van der Waals surface area contributed by atoms with Crippen molar-refractivity contribution >= 4 is 27.5 Å². The lowest BCUT2D eigenvalue weighted by Crippen LogP contribution is -2.63. The molecule has 1 saturated heterocycles. The first-order valence-electron chi connectivity index (χ1n) is 8.56. The van der Waals surface area contributed by atoms with E-state index in [1.165, 1.54) is 19.1 Å². The molecule has 148 valence electrons. The van der Waals surface area contributed by atoms with Gasteiger partial charge in [0.2, 0.25) is 0 Å². The van der Waals surface area contributed by atoms with Gasteiger partial charge in [-0.15, -0.1) is 0 Å². The average molecular weight is 398 g/mol. The summed E-state index contributed by atoms with van der Waals surface area (Å²) in [5, 5.41) is 11.4. The molecule has 10 heteroatoms. The van der Waals surface area contributed by atoms with Gasteiger partial charge in [0.25, 0.3) is 0 Å². The van der Waals surface area contributed by atoms with E-state index >= 15 is 0 Å². The molecule has 1 aromatic carbocycles. The van der Waals surface area contributed by atoms with Crippen molar-refractivity contribution in [3.8, 4) is 0 Å². The molecule has 0 aromatic heterocycles. The zero-order valence-electron chi connectivity index (χ0n) is 15.2. The highest BCUT2D eigenvalue weighted by atomic mass is 32.2. The summed E-state index contributed by atoms with van der Waals surface area (Å²) in [7, 11) is -1.97. The number of rotatable bonds is 1. The standard InChI is InChI=1S/C17H23FN4O4S/c1-16(12-9-11(19)3-4-13(12)18)10-27(25,26)17(5-7-22(2)8-6-17)14(21-16)20-15(23)24/h3-4,9H,5-8,10,19H2,1-2H3,(H,20,21)(H,23,24). The van der Waals surface area contributed by atoms with Gasteiger partial charge in [-0.1, -0.05) is 0 Å². The second-order valence-corrected chi connectivity index (χ2v) is 9.76. The van der Waals surface area contributed by atoms with Gasteiger partial charge in [-0.2, -0.15) is 0 Å². The molecule has 2 heterocycles. The number of aliphatic imine (C=N–C) groups is 1. The van der Waals surface area contributed by atoms with Crippen molar-refractivity contribution in [1.29, 1.82) is 0 Å². The number of benzene rings is 1. The third-order valence-electron chi connectivity index (χ3n) is 5.45. The lowest BCUT2D eigenvalue weighted by Gasteiger charge is -2.46. The molecule has 2 aliphatic rings. The fourth-order valence-electron chi connectivity index (χ4n) is 3.90. The number of likely N-dealkylation sites (tertiary alicyclic amines) is 1. The molecule has 1 amide bonds. The maximum absolute atomic E-state index is 14.5. The Morgan fingerprint density at radius 2 is 2.00 bits per heavy atom. The fourth-order valence-corrected chi connectivity index (χ4v) is 6.33. The average Bonchev–Trinajstić information content (AvgIpc) is 2.55. The van der Waals surface area contributed by atoms with E-state index in [0.29, 0.717) is 13.1 Å². The number of piperidine rings is 1. The highest BCUT2D eigenvalue weighted by molar-refractivity contribution is 7.93. The summed E-state index contributed by atoms with van der Waals surface area (Å²) in [6.07, 6.45) is -0.958. The molecular weight excluding hydrogens is 375 g/mol. The molecule has 27 heavy (non-hydrogen) atoms. The lowest BCUT2D eigenvalue weighted by atomic mass is 9.90. The molecule has 1 atom stereocenters. The Morgan fingerprint density at radius 3 is 2.59 bits per heavy atom. The first-order valence-corrected chi connectivity index (χ1v) is 10.2. The van der Waals surface area contributed by atoms with Crippen LogP contribution in [-0.2, 0) is 15.4 Å². The van der Waals surface area contributed by atoms with Crippen molar-refractivity contribution in [2.45, 2.75) is 30.1 Å². The van der Waals surface area contributed by atoms with E-state index in [1.807, 2.05) is 11.9 Å². The maximum Gasteiger partial charge on any atom is 0.410 e. The Labute approximate surface area is 157 Å². The van der Waals surface area contributed by atoms with E-state index in [-0.39, 0.29) is 29.9 Å². The van der Waals surface area contributed by atoms with E-state index in [2.05, 4.69) is 10.3 Å². The highest BCUT2D eigenvalue weighted by Crippen LogP contribution is 2.43. The zero-order chi connectivity index (χ0) is 20.0. The van der Waals surface area contributed by atoms with Crippen LogP contribution in [0, 0.1) is 5.82 Å². The molecule has 0 saturated carbocycles. The molecule has 1 fully saturated rings. The Kier molecular flexibility index (Phi) is 4.67. The van der Waals surface area contributed by atoms with Crippen LogP contribution < -0.4 is 11.1 Å². The molecular formula is C17H23FN4O4S. The molecule has 8 nitrogen and oxygen atoms in total. The van der Waals surface area contributed by atoms with Gasteiger partial charge in [0.15, 0.2) is 9.84 Å². The summed E-state index contributed by atoms with van der Waals surface area (Å²) in [5.74, 6) is -1.20. The smallest absolute Gasteiger partial charge is 0.410 e. The minimum atomic E-state index is -3.84. The number of sulfone groups is 1. The van der Waals surface area contributed by atoms with E-state index in [4.69, 9.17) is 5.73 Å². The third kappa shape index (κ3) is 3.27. The van der Waals surface area contributed by atoms with Gasteiger partial charge in [0, 0.05) is 11.3 Å². The molecule has 2 aliphatic heterocycles. The van der Waals surface area contributed by atoms with Gasteiger partial charge in [-0.3, -0.25) is 10.3 Å². The number of hydrogen-bond donors (Lipinski definition) is 3. The molecule has 0 radical (unpaired) electrons. The number of carbonyl (C=O) groups is 1. The number of anilines is 1. The maximum atomic E-state index is 14.5. The van der Waals surface area contributed by atoms with Crippen LogP contribution in [0.25, 0.3) is 0 Å². The van der Waals surface area contributed by atoms with Gasteiger partial charge < -0.3 is 15.7 Å². The summed E-state index contributed by atoms with van der Waals surface area (Å²) in [6, 6.07) is 3.87. The van der Waals surface area contributed by atoms with Crippen LogP contribution in [0.5, 0.6) is 0 Å². The van der Waals surface area contributed by atoms with Gasteiger partial charge >= 0.3 is 6.09 Å². The van der Waals surface area contributed by atoms with Crippen molar-refractivity contribution in [1.82, 2.24) is 10.2 Å². The summed E-state index contributed by atoms with van der Waals surface area (Å²) >= 11 is 0. The fraction of sp³-hybridized carbons (Fsp3) is 0.529. The third-order valence-corrected chi connectivity index (χ3v) is 8.18. The summed E-state index contributed by atoms with van der Waals surface area (Å²) in [4.78, 5) is 17.8.